The van der Waals surface area contributed by atoms with Crippen LogP contribution in [-0.2, 0) is 4.74 Å². The van der Waals surface area contributed by atoms with Crippen LogP contribution in [0.5, 0.6) is 0 Å². The van der Waals surface area contributed by atoms with Crippen LogP contribution in [0.3, 0.4) is 0 Å². The van der Waals surface area contributed by atoms with E-state index in [4.69, 9.17) is 4.74 Å². The summed E-state index contributed by atoms with van der Waals surface area (Å²) in [6, 6.07) is 1.45. The third kappa shape index (κ3) is 5.70. The molecule has 0 N–H and O–H groups in total. The van der Waals surface area contributed by atoms with Gasteiger partial charge in [-0.2, -0.15) is 0 Å². The quantitative estimate of drug-likeness (QED) is 0.364. The summed E-state index contributed by atoms with van der Waals surface area (Å²) in [5.41, 5.74) is 7.26. The lowest BCUT2D eigenvalue weighted by atomic mass is 10.1. The number of unbranched alkanes of at least 4 members (excludes halogenated alkanes) is 3. The summed E-state index contributed by atoms with van der Waals surface area (Å²) in [5.74, 6) is 0. The zero-order chi connectivity index (χ0) is 16.9. The van der Waals surface area contributed by atoms with E-state index in [1.54, 1.807) is 22.3 Å². The molecule has 0 aromatic rings. The highest BCUT2D eigenvalue weighted by Gasteiger charge is 2.29. The van der Waals surface area contributed by atoms with E-state index < -0.39 is 0 Å². The SMILES string of the molecule is CC1=C(C)C([Si](C)CCCCCCOC(C)(C)C)C(C)=C1C. The Morgan fingerprint density at radius 2 is 1.36 bits per heavy atom. The van der Waals surface area contributed by atoms with Crippen LogP contribution in [0.1, 0.15) is 74.1 Å². The molecule has 0 heterocycles. The molecule has 1 radical (unpaired) electrons. The van der Waals surface area contributed by atoms with E-state index in [1.165, 1.54) is 31.7 Å². The first-order chi connectivity index (χ1) is 10.1. The molecule has 22 heavy (non-hydrogen) atoms. The Balaban J connectivity index is 2.24. The molecule has 0 aliphatic heterocycles. The van der Waals surface area contributed by atoms with Gasteiger partial charge in [-0.15, -0.1) is 0 Å². The van der Waals surface area contributed by atoms with Crippen molar-refractivity contribution < 1.29 is 4.74 Å². The number of hydrogen-bond acceptors (Lipinski definition) is 1. The molecule has 0 saturated heterocycles. The number of allylic oxidation sites excluding steroid dienone is 4. The van der Waals surface area contributed by atoms with Crippen LogP contribution in [0.4, 0.5) is 0 Å². The molecule has 0 unspecified atom stereocenters. The molecule has 0 fully saturated rings. The molecule has 0 bridgehead atoms. The molecular formula is C20H37OSi. The lowest BCUT2D eigenvalue weighted by molar-refractivity contribution is -0.00471. The molecule has 0 spiro atoms. The van der Waals surface area contributed by atoms with Gasteiger partial charge in [-0.1, -0.05) is 43.0 Å². The summed E-state index contributed by atoms with van der Waals surface area (Å²) in [4.78, 5) is 0. The van der Waals surface area contributed by atoms with Crippen molar-refractivity contribution in [3.05, 3.63) is 22.3 Å². The summed E-state index contributed by atoms with van der Waals surface area (Å²) in [6.07, 6.45) is 5.29. The Hall–Kier alpha value is -0.343. The Morgan fingerprint density at radius 1 is 0.864 bits per heavy atom. The van der Waals surface area contributed by atoms with Gasteiger partial charge in [-0.25, -0.2) is 0 Å². The first kappa shape index (κ1) is 19.7. The summed E-state index contributed by atoms with van der Waals surface area (Å²) in [5, 5.41) is 0. The van der Waals surface area contributed by atoms with E-state index in [9.17, 15) is 0 Å². The highest BCUT2D eigenvalue weighted by molar-refractivity contribution is 6.60. The Kier molecular flexibility index (Phi) is 7.61. The monoisotopic (exact) mass is 321 g/mol. The molecule has 127 valence electrons. The second-order valence-electron chi connectivity index (χ2n) is 8.02. The Morgan fingerprint density at radius 3 is 1.86 bits per heavy atom. The van der Waals surface area contributed by atoms with Gasteiger partial charge in [0.2, 0.25) is 0 Å². The third-order valence-electron chi connectivity index (χ3n) is 5.10. The number of rotatable bonds is 8. The van der Waals surface area contributed by atoms with E-state index in [0.717, 1.165) is 12.1 Å². The van der Waals surface area contributed by atoms with Crippen molar-refractivity contribution in [3.63, 3.8) is 0 Å². The summed E-state index contributed by atoms with van der Waals surface area (Å²) < 4.78 is 5.78. The van der Waals surface area contributed by atoms with E-state index in [2.05, 4.69) is 55.0 Å². The van der Waals surface area contributed by atoms with Crippen molar-refractivity contribution >= 4 is 8.80 Å². The predicted octanol–water partition coefficient (Wildman–Crippen LogP) is 6.54. The van der Waals surface area contributed by atoms with Gasteiger partial charge in [0, 0.05) is 6.61 Å². The lowest BCUT2D eigenvalue weighted by Gasteiger charge is -2.22. The van der Waals surface area contributed by atoms with Gasteiger partial charge >= 0.3 is 0 Å². The average molecular weight is 322 g/mol. The van der Waals surface area contributed by atoms with Crippen molar-refractivity contribution in [3.8, 4) is 0 Å². The van der Waals surface area contributed by atoms with Crippen LogP contribution in [0.2, 0.25) is 18.1 Å². The van der Waals surface area contributed by atoms with Gasteiger partial charge in [0.25, 0.3) is 0 Å². The van der Waals surface area contributed by atoms with Crippen molar-refractivity contribution in [2.24, 2.45) is 0 Å². The van der Waals surface area contributed by atoms with E-state index in [1.807, 2.05) is 0 Å². The maximum Gasteiger partial charge on any atom is 0.0598 e. The standard InChI is InChI=1S/C20H37OSi/c1-15-16(2)18(4)19(17(15)3)22(8)14-12-10-9-11-13-21-20(5,6)7/h19H,9-14H2,1-8H3. The summed E-state index contributed by atoms with van der Waals surface area (Å²) in [7, 11) is -0.292. The minimum atomic E-state index is -0.292. The van der Waals surface area contributed by atoms with Gasteiger partial charge in [-0.05, 0) is 71.6 Å². The molecule has 0 saturated carbocycles. The molecule has 0 aromatic heterocycles. The van der Waals surface area contributed by atoms with E-state index in [0.29, 0.717) is 0 Å². The van der Waals surface area contributed by atoms with E-state index >= 15 is 0 Å². The topological polar surface area (TPSA) is 9.23 Å². The molecule has 1 aliphatic carbocycles. The highest BCUT2D eigenvalue weighted by Crippen LogP contribution is 2.43. The number of hydrogen-bond donors (Lipinski definition) is 0. The highest BCUT2D eigenvalue weighted by atomic mass is 28.3. The first-order valence-corrected chi connectivity index (χ1v) is 11.2. The fourth-order valence-corrected chi connectivity index (χ4v) is 6.48. The van der Waals surface area contributed by atoms with Crippen LogP contribution in [0.25, 0.3) is 0 Å². The first-order valence-electron chi connectivity index (χ1n) is 8.96. The fourth-order valence-electron chi connectivity index (χ4n) is 3.47. The van der Waals surface area contributed by atoms with E-state index in [-0.39, 0.29) is 14.4 Å². The molecule has 1 nitrogen and oxygen atoms in total. The second kappa shape index (κ2) is 8.49. The zero-order valence-corrected chi connectivity index (χ0v) is 17.2. The predicted molar refractivity (Wildman–Crippen MR) is 101 cm³/mol. The molecular weight excluding hydrogens is 284 g/mol. The van der Waals surface area contributed by atoms with Crippen LogP contribution in [-0.4, -0.2) is 21.0 Å². The van der Waals surface area contributed by atoms with Crippen molar-refractivity contribution in [2.75, 3.05) is 6.61 Å². The van der Waals surface area contributed by atoms with Crippen LogP contribution in [0.15, 0.2) is 22.3 Å². The summed E-state index contributed by atoms with van der Waals surface area (Å²) in [6.45, 7) is 19.2. The molecule has 0 amide bonds. The van der Waals surface area contributed by atoms with Gasteiger partial charge in [0.1, 0.15) is 0 Å². The Bertz CT molecular complexity index is 401. The van der Waals surface area contributed by atoms with Gasteiger partial charge in [0.15, 0.2) is 0 Å². The normalized spacial score (nSPS) is 17.3. The maximum atomic E-state index is 5.78. The average Bonchev–Trinajstić information content (AvgIpc) is 2.60. The molecule has 1 rings (SSSR count). The fraction of sp³-hybridized carbons (Fsp3) is 0.800. The second-order valence-corrected chi connectivity index (χ2v) is 10.8. The van der Waals surface area contributed by atoms with Crippen LogP contribution >= 0.6 is 0 Å². The van der Waals surface area contributed by atoms with Gasteiger partial charge in [0.05, 0.1) is 14.4 Å². The zero-order valence-electron chi connectivity index (χ0n) is 16.2. The minimum Gasteiger partial charge on any atom is -0.376 e. The summed E-state index contributed by atoms with van der Waals surface area (Å²) >= 11 is 0. The van der Waals surface area contributed by atoms with Crippen molar-refractivity contribution in [1.82, 2.24) is 0 Å². The van der Waals surface area contributed by atoms with Crippen LogP contribution < -0.4 is 0 Å². The lowest BCUT2D eigenvalue weighted by Crippen LogP contribution is -2.19. The minimum absolute atomic E-state index is 0.0193. The van der Waals surface area contributed by atoms with Crippen molar-refractivity contribution in [2.45, 2.75) is 97.9 Å². The van der Waals surface area contributed by atoms with Crippen molar-refractivity contribution in [1.29, 1.82) is 0 Å². The molecule has 2 heteroatoms. The Labute approximate surface area is 140 Å². The third-order valence-corrected chi connectivity index (χ3v) is 8.10. The maximum absolute atomic E-state index is 5.78. The smallest absolute Gasteiger partial charge is 0.0598 e. The van der Waals surface area contributed by atoms with Crippen LogP contribution in [0, 0.1) is 0 Å². The molecule has 1 aliphatic rings. The van der Waals surface area contributed by atoms with Gasteiger partial charge < -0.3 is 4.74 Å². The molecule has 0 atom stereocenters. The van der Waals surface area contributed by atoms with Gasteiger partial charge in [-0.3, -0.25) is 0 Å². The number of ether oxygens (including phenoxy) is 1. The molecule has 0 aromatic carbocycles. The largest absolute Gasteiger partial charge is 0.376 e.